The van der Waals surface area contributed by atoms with Crippen LogP contribution in [-0.4, -0.2) is 18.8 Å². The van der Waals surface area contributed by atoms with Crippen molar-refractivity contribution < 1.29 is 22.7 Å². The molecule has 1 aliphatic carbocycles. The molecule has 0 heterocycles. The molecule has 1 atom stereocenters. The number of allylic oxidation sites excluding steroid dienone is 1. The van der Waals surface area contributed by atoms with E-state index in [0.29, 0.717) is 0 Å². The molecule has 16 heavy (non-hydrogen) atoms. The molecule has 0 aliphatic heterocycles. The third kappa shape index (κ3) is 2.90. The number of ether oxygens (including phenoxy) is 1. The van der Waals surface area contributed by atoms with Gasteiger partial charge in [0.2, 0.25) is 0 Å². The summed E-state index contributed by atoms with van der Waals surface area (Å²) in [6, 6.07) is 0. The van der Waals surface area contributed by atoms with Crippen molar-refractivity contribution in [2.24, 2.45) is 11.7 Å². The van der Waals surface area contributed by atoms with Gasteiger partial charge in [-0.05, 0) is 26.2 Å². The van der Waals surface area contributed by atoms with Gasteiger partial charge in [-0.1, -0.05) is 0 Å². The Bertz CT molecular complexity index is 310. The number of nitrogens with two attached hydrogens (primary N) is 1. The molecule has 6 heteroatoms. The van der Waals surface area contributed by atoms with E-state index in [9.17, 15) is 18.0 Å². The monoisotopic (exact) mass is 237 g/mol. The Hall–Kier alpha value is -1.20. The predicted molar refractivity (Wildman–Crippen MR) is 51.2 cm³/mol. The first-order valence-electron chi connectivity index (χ1n) is 5.07. The summed E-state index contributed by atoms with van der Waals surface area (Å²) in [6.45, 7) is 1.73. The third-order valence-electron chi connectivity index (χ3n) is 2.59. The first-order valence-corrected chi connectivity index (χ1v) is 5.07. The molecule has 0 amide bonds. The molecule has 1 rings (SSSR count). The summed E-state index contributed by atoms with van der Waals surface area (Å²) < 4.78 is 42.1. The van der Waals surface area contributed by atoms with Crippen LogP contribution in [0.15, 0.2) is 11.3 Å². The van der Waals surface area contributed by atoms with Crippen molar-refractivity contribution in [2.75, 3.05) is 6.61 Å². The first-order chi connectivity index (χ1) is 7.36. The summed E-state index contributed by atoms with van der Waals surface area (Å²) >= 11 is 0. The van der Waals surface area contributed by atoms with Crippen molar-refractivity contribution in [3.63, 3.8) is 0 Å². The molecule has 1 unspecified atom stereocenters. The Labute approximate surface area is 91.4 Å². The summed E-state index contributed by atoms with van der Waals surface area (Å²) in [5.41, 5.74) is 5.73. The summed E-state index contributed by atoms with van der Waals surface area (Å²) in [6.07, 6.45) is -4.61. The molecule has 0 aromatic rings. The molecule has 3 nitrogen and oxygen atoms in total. The van der Waals surface area contributed by atoms with Gasteiger partial charge in [-0.15, -0.1) is 0 Å². The van der Waals surface area contributed by atoms with Gasteiger partial charge in [0.1, 0.15) is 0 Å². The van der Waals surface area contributed by atoms with Crippen LogP contribution in [0.1, 0.15) is 26.2 Å². The number of hydrogen-bond donors (Lipinski definition) is 1. The average molecular weight is 237 g/mol. The van der Waals surface area contributed by atoms with Gasteiger partial charge in [-0.2, -0.15) is 13.2 Å². The molecule has 0 radical (unpaired) electrons. The normalized spacial score (nSPS) is 22.1. The Morgan fingerprint density at radius 3 is 2.69 bits per heavy atom. The van der Waals surface area contributed by atoms with Crippen LogP contribution in [0, 0.1) is 5.92 Å². The topological polar surface area (TPSA) is 52.3 Å². The molecular weight excluding hydrogens is 223 g/mol. The number of rotatable bonds is 2. The lowest BCUT2D eigenvalue weighted by atomic mass is 9.86. The predicted octanol–water partition coefficient (Wildman–Crippen LogP) is 2.12. The molecule has 0 aromatic heterocycles. The quantitative estimate of drug-likeness (QED) is 0.748. The van der Waals surface area contributed by atoms with Crippen molar-refractivity contribution in [1.29, 1.82) is 0 Å². The molecule has 0 bridgehead atoms. The van der Waals surface area contributed by atoms with Crippen LogP contribution < -0.4 is 5.73 Å². The van der Waals surface area contributed by atoms with Gasteiger partial charge < -0.3 is 10.5 Å². The fourth-order valence-corrected chi connectivity index (χ4v) is 1.67. The maximum absolute atomic E-state index is 12.5. The molecule has 0 fully saturated rings. The van der Waals surface area contributed by atoms with Crippen LogP contribution in [0.5, 0.6) is 0 Å². The first kappa shape index (κ1) is 12.9. The van der Waals surface area contributed by atoms with E-state index in [0.717, 1.165) is 0 Å². The number of carbonyl (C=O) groups is 1. The van der Waals surface area contributed by atoms with Gasteiger partial charge in [-0.3, -0.25) is 0 Å². The lowest BCUT2D eigenvalue weighted by Crippen LogP contribution is -2.30. The molecule has 0 saturated heterocycles. The van der Waals surface area contributed by atoms with Crippen molar-refractivity contribution in [3.05, 3.63) is 11.3 Å². The summed E-state index contributed by atoms with van der Waals surface area (Å²) in [5, 5.41) is 0. The Morgan fingerprint density at radius 1 is 1.56 bits per heavy atom. The maximum Gasteiger partial charge on any atom is 0.392 e. The van der Waals surface area contributed by atoms with Gasteiger partial charge in [-0.25, -0.2) is 4.79 Å². The second kappa shape index (κ2) is 4.76. The van der Waals surface area contributed by atoms with Crippen molar-refractivity contribution in [3.8, 4) is 0 Å². The van der Waals surface area contributed by atoms with E-state index in [1.807, 2.05) is 0 Å². The van der Waals surface area contributed by atoms with Crippen molar-refractivity contribution in [2.45, 2.75) is 32.4 Å². The van der Waals surface area contributed by atoms with E-state index in [4.69, 9.17) is 5.73 Å². The van der Waals surface area contributed by atoms with Gasteiger partial charge in [0.15, 0.2) is 0 Å². The lowest BCUT2D eigenvalue weighted by Gasteiger charge is -2.26. The number of halogens is 3. The van der Waals surface area contributed by atoms with Crippen molar-refractivity contribution >= 4 is 5.97 Å². The zero-order valence-electron chi connectivity index (χ0n) is 8.93. The Kier molecular flexibility index (Phi) is 3.83. The fourth-order valence-electron chi connectivity index (χ4n) is 1.67. The van der Waals surface area contributed by atoms with Crippen LogP contribution in [0.3, 0.4) is 0 Å². The summed E-state index contributed by atoms with van der Waals surface area (Å²) in [7, 11) is 0. The van der Waals surface area contributed by atoms with E-state index in [1.165, 1.54) is 0 Å². The minimum absolute atomic E-state index is 0.0181. The lowest BCUT2D eigenvalue weighted by molar-refractivity contribution is -0.177. The van der Waals surface area contributed by atoms with E-state index in [1.54, 1.807) is 6.92 Å². The maximum atomic E-state index is 12.5. The van der Waals surface area contributed by atoms with E-state index in [2.05, 4.69) is 4.74 Å². The smallest absolute Gasteiger partial charge is 0.392 e. The molecule has 0 saturated carbocycles. The van der Waals surface area contributed by atoms with Crippen LogP contribution >= 0.6 is 0 Å². The van der Waals surface area contributed by atoms with Gasteiger partial charge in [0.05, 0.1) is 18.1 Å². The Balaban J connectivity index is 2.79. The number of esters is 1. The standard InChI is InChI=1S/C10H14F3NO2/c1-2-16-9(15)7-5-6(10(11,12)13)3-4-8(7)14/h6H,2-5,14H2,1H3. The molecule has 2 N–H and O–H groups in total. The van der Waals surface area contributed by atoms with Gasteiger partial charge in [0, 0.05) is 5.70 Å². The van der Waals surface area contributed by atoms with Crippen LogP contribution in [0.25, 0.3) is 0 Å². The van der Waals surface area contributed by atoms with Gasteiger partial charge in [0.25, 0.3) is 0 Å². The molecule has 92 valence electrons. The van der Waals surface area contributed by atoms with Crippen molar-refractivity contribution in [1.82, 2.24) is 0 Å². The fraction of sp³-hybridized carbons (Fsp3) is 0.700. The molecule has 0 spiro atoms. The third-order valence-corrected chi connectivity index (χ3v) is 2.59. The van der Waals surface area contributed by atoms with E-state index >= 15 is 0 Å². The van der Waals surface area contributed by atoms with Crippen LogP contribution in [0.2, 0.25) is 0 Å². The van der Waals surface area contributed by atoms with E-state index in [-0.39, 0.29) is 37.1 Å². The molecule has 0 aromatic carbocycles. The van der Waals surface area contributed by atoms with Gasteiger partial charge >= 0.3 is 12.1 Å². The highest BCUT2D eigenvalue weighted by Crippen LogP contribution is 2.39. The average Bonchev–Trinajstić information content (AvgIpc) is 2.16. The molecule has 1 aliphatic rings. The second-order valence-corrected chi connectivity index (χ2v) is 3.71. The number of hydrogen-bond acceptors (Lipinski definition) is 3. The number of alkyl halides is 3. The highest BCUT2D eigenvalue weighted by Gasteiger charge is 2.42. The SMILES string of the molecule is CCOC(=O)C1=C(N)CCC(C(F)(F)F)C1. The second-order valence-electron chi connectivity index (χ2n) is 3.71. The molecular formula is C10H14F3NO2. The zero-order chi connectivity index (χ0) is 12.3. The van der Waals surface area contributed by atoms with E-state index < -0.39 is 18.1 Å². The summed E-state index contributed by atoms with van der Waals surface area (Å²) in [5.74, 6) is -2.21. The van der Waals surface area contributed by atoms with Crippen LogP contribution in [0.4, 0.5) is 13.2 Å². The van der Waals surface area contributed by atoms with Crippen LogP contribution in [-0.2, 0) is 9.53 Å². The zero-order valence-corrected chi connectivity index (χ0v) is 8.93. The number of carbonyl (C=O) groups excluding carboxylic acids is 1. The highest BCUT2D eigenvalue weighted by molar-refractivity contribution is 5.89. The Morgan fingerprint density at radius 2 is 2.19 bits per heavy atom. The largest absolute Gasteiger partial charge is 0.463 e. The minimum Gasteiger partial charge on any atom is -0.463 e. The summed E-state index contributed by atoms with van der Waals surface area (Å²) in [4.78, 5) is 11.4. The highest BCUT2D eigenvalue weighted by atomic mass is 19.4. The minimum atomic E-state index is -4.28.